The number of nitrogens with zero attached hydrogens (tertiary/aromatic N) is 3. The molecule has 0 aromatic carbocycles. The Kier molecular flexibility index (Phi) is 9.72. The molecule has 0 N–H and O–H groups in total. The molecule has 6 nitrogen and oxygen atoms in total. The third-order valence-corrected chi connectivity index (χ3v) is 3.61. The largest absolute Gasteiger partial charge is 0.424 e. The highest BCUT2D eigenvalue weighted by molar-refractivity contribution is 5.38. The summed E-state index contributed by atoms with van der Waals surface area (Å²) >= 11 is 0. The van der Waals surface area contributed by atoms with E-state index >= 15 is 0 Å². The average molecular weight is 317 g/mol. The molecule has 0 saturated heterocycles. The van der Waals surface area contributed by atoms with Gasteiger partial charge in [-0.05, 0) is 50.8 Å². The Bertz CT molecular complexity index is 561. The Morgan fingerprint density at radius 2 is 1.48 bits per heavy atom. The van der Waals surface area contributed by atoms with Crippen LogP contribution in [0.3, 0.4) is 0 Å². The number of nitriles is 3. The van der Waals surface area contributed by atoms with Gasteiger partial charge in [0.1, 0.15) is 18.3 Å². The molecule has 0 bridgehead atoms. The first-order valence-corrected chi connectivity index (χ1v) is 7.47. The van der Waals surface area contributed by atoms with E-state index in [0.29, 0.717) is 12.8 Å². The monoisotopic (exact) mass is 317 g/mol. The van der Waals surface area contributed by atoms with Crippen molar-refractivity contribution >= 4 is 0 Å². The van der Waals surface area contributed by atoms with Crippen molar-refractivity contribution in [1.29, 1.82) is 15.8 Å². The maximum Gasteiger partial charge on any atom is 0.286 e. The lowest BCUT2D eigenvalue weighted by molar-refractivity contribution is 0.180. The second-order valence-electron chi connectivity index (χ2n) is 5.12. The molecule has 0 aromatic rings. The van der Waals surface area contributed by atoms with Crippen LogP contribution in [0.1, 0.15) is 47.5 Å². The topological polar surface area (TPSA) is 99.1 Å². The molecule has 0 saturated carbocycles. The van der Waals surface area contributed by atoms with Gasteiger partial charge in [0.2, 0.25) is 0 Å². The second kappa shape index (κ2) is 11.0. The van der Waals surface area contributed by atoms with E-state index < -0.39 is 6.10 Å². The van der Waals surface area contributed by atoms with Crippen molar-refractivity contribution in [2.45, 2.75) is 65.8 Å². The highest BCUT2D eigenvalue weighted by Gasteiger charge is 2.19. The van der Waals surface area contributed by atoms with Crippen LogP contribution in [0.4, 0.5) is 0 Å². The molecule has 0 aliphatic carbocycles. The van der Waals surface area contributed by atoms with Crippen molar-refractivity contribution in [3.05, 3.63) is 22.8 Å². The molecule has 0 aliphatic heterocycles. The average Bonchev–Trinajstić information content (AvgIpc) is 2.49. The Morgan fingerprint density at radius 3 is 1.96 bits per heavy atom. The maximum absolute atomic E-state index is 8.77. The second-order valence-corrected chi connectivity index (χ2v) is 5.12. The lowest BCUT2D eigenvalue weighted by Crippen LogP contribution is -2.16. The summed E-state index contributed by atoms with van der Waals surface area (Å²) < 4.78 is 14.9. The first-order valence-electron chi connectivity index (χ1n) is 7.47. The van der Waals surface area contributed by atoms with Crippen LogP contribution in [-0.4, -0.2) is 18.3 Å². The third kappa shape index (κ3) is 6.76. The molecule has 0 amide bonds. The van der Waals surface area contributed by atoms with Crippen molar-refractivity contribution < 1.29 is 14.2 Å². The molecule has 0 rings (SSSR count). The number of rotatable bonds is 9. The van der Waals surface area contributed by atoms with Crippen molar-refractivity contribution in [1.82, 2.24) is 0 Å². The highest BCUT2D eigenvalue weighted by Crippen LogP contribution is 2.26. The SMILES string of the molecule is CC/C(=C(C)\C(=C/CC(C)OC#N)C(C)OC#N)C(C)OC#N. The Labute approximate surface area is 138 Å². The zero-order valence-electron chi connectivity index (χ0n) is 14.3. The van der Waals surface area contributed by atoms with Crippen molar-refractivity contribution in [3.8, 4) is 18.8 Å². The molecule has 23 heavy (non-hydrogen) atoms. The van der Waals surface area contributed by atoms with E-state index in [1.54, 1.807) is 39.5 Å². The summed E-state index contributed by atoms with van der Waals surface area (Å²) in [6.07, 6.45) is 7.11. The summed E-state index contributed by atoms with van der Waals surface area (Å²) in [5, 5.41) is 26.0. The first-order chi connectivity index (χ1) is 10.9. The van der Waals surface area contributed by atoms with E-state index in [1.165, 1.54) is 0 Å². The zero-order valence-corrected chi connectivity index (χ0v) is 14.3. The molecule has 3 unspecified atom stereocenters. The van der Waals surface area contributed by atoms with Gasteiger partial charge in [0.15, 0.2) is 0 Å². The first kappa shape index (κ1) is 20.3. The smallest absolute Gasteiger partial charge is 0.286 e. The van der Waals surface area contributed by atoms with Gasteiger partial charge in [0.05, 0.1) is 0 Å². The van der Waals surface area contributed by atoms with Gasteiger partial charge < -0.3 is 14.2 Å². The Hall–Kier alpha value is -2.65. The third-order valence-electron chi connectivity index (χ3n) is 3.61. The normalized spacial score (nSPS) is 15.8. The molecule has 0 radical (unpaired) electrons. The van der Waals surface area contributed by atoms with Crippen molar-refractivity contribution in [2.24, 2.45) is 0 Å². The highest BCUT2D eigenvalue weighted by atomic mass is 16.5. The van der Waals surface area contributed by atoms with Crippen LogP contribution in [0.2, 0.25) is 0 Å². The molecule has 6 heteroatoms. The van der Waals surface area contributed by atoms with Crippen molar-refractivity contribution in [2.75, 3.05) is 0 Å². The van der Waals surface area contributed by atoms with Crippen LogP contribution in [-0.2, 0) is 14.2 Å². The standard InChI is InChI=1S/C17H23N3O3/c1-6-16(14(4)22-10-19)13(3)17(15(5)23-11-20)8-7-12(2)21-9-18/h8,12,14-15H,6-7H2,1-5H3/b16-13+,17-8+. The van der Waals surface area contributed by atoms with E-state index in [-0.39, 0.29) is 12.2 Å². The number of hydrogen-bond donors (Lipinski definition) is 0. The van der Waals surface area contributed by atoms with E-state index in [9.17, 15) is 0 Å². The lowest BCUT2D eigenvalue weighted by atomic mass is 9.92. The molecule has 0 spiro atoms. The lowest BCUT2D eigenvalue weighted by Gasteiger charge is -2.21. The van der Waals surface area contributed by atoms with Crippen LogP contribution >= 0.6 is 0 Å². The molecule has 0 aromatic heterocycles. The predicted molar refractivity (Wildman–Crippen MR) is 84.2 cm³/mol. The van der Waals surface area contributed by atoms with Crippen LogP contribution < -0.4 is 0 Å². The van der Waals surface area contributed by atoms with Gasteiger partial charge in [-0.2, -0.15) is 15.8 Å². The fourth-order valence-electron chi connectivity index (χ4n) is 2.39. The fourth-order valence-corrected chi connectivity index (χ4v) is 2.39. The Balaban J connectivity index is 5.65. The zero-order chi connectivity index (χ0) is 17.8. The summed E-state index contributed by atoms with van der Waals surface area (Å²) in [7, 11) is 0. The van der Waals surface area contributed by atoms with E-state index in [1.807, 2.05) is 19.9 Å². The maximum atomic E-state index is 8.77. The Morgan fingerprint density at radius 1 is 0.957 bits per heavy atom. The molecule has 0 heterocycles. The summed E-state index contributed by atoms with van der Waals surface area (Å²) in [5.41, 5.74) is 2.70. The van der Waals surface area contributed by atoms with Crippen LogP contribution in [0.5, 0.6) is 0 Å². The molecule has 0 aliphatic rings. The van der Waals surface area contributed by atoms with E-state index in [0.717, 1.165) is 16.7 Å². The minimum absolute atomic E-state index is 0.269. The number of hydrogen-bond acceptors (Lipinski definition) is 6. The van der Waals surface area contributed by atoms with Gasteiger partial charge in [-0.1, -0.05) is 13.0 Å². The molecule has 3 atom stereocenters. The number of ether oxygens (including phenoxy) is 3. The van der Waals surface area contributed by atoms with Gasteiger partial charge in [-0.3, -0.25) is 0 Å². The fraction of sp³-hybridized carbons (Fsp3) is 0.588. The molecule has 0 fully saturated rings. The molecule has 124 valence electrons. The molecular weight excluding hydrogens is 294 g/mol. The summed E-state index contributed by atoms with van der Waals surface area (Å²) in [6, 6.07) is 0. The van der Waals surface area contributed by atoms with Gasteiger partial charge >= 0.3 is 0 Å². The van der Waals surface area contributed by atoms with Crippen LogP contribution in [0.15, 0.2) is 22.8 Å². The predicted octanol–water partition coefficient (Wildman–Crippen LogP) is 3.69. The van der Waals surface area contributed by atoms with E-state index in [2.05, 4.69) is 0 Å². The van der Waals surface area contributed by atoms with Crippen LogP contribution in [0.25, 0.3) is 0 Å². The minimum Gasteiger partial charge on any atom is -0.424 e. The van der Waals surface area contributed by atoms with E-state index in [4.69, 9.17) is 30.0 Å². The molecular formula is C17H23N3O3. The van der Waals surface area contributed by atoms with Gasteiger partial charge in [0, 0.05) is 6.42 Å². The van der Waals surface area contributed by atoms with Gasteiger partial charge in [0.25, 0.3) is 18.8 Å². The quantitative estimate of drug-likeness (QED) is 0.475. The minimum atomic E-state index is -0.440. The van der Waals surface area contributed by atoms with Gasteiger partial charge in [-0.15, -0.1) is 0 Å². The van der Waals surface area contributed by atoms with Crippen molar-refractivity contribution in [3.63, 3.8) is 0 Å². The summed E-state index contributed by atoms with van der Waals surface area (Å²) in [4.78, 5) is 0. The summed E-state index contributed by atoms with van der Waals surface area (Å²) in [6.45, 7) is 9.26. The summed E-state index contributed by atoms with van der Waals surface area (Å²) in [5.74, 6) is 0. The van der Waals surface area contributed by atoms with Crippen LogP contribution in [0, 0.1) is 34.6 Å². The van der Waals surface area contributed by atoms with Gasteiger partial charge in [-0.25, -0.2) is 0 Å².